The molecule has 0 radical (unpaired) electrons. The summed E-state index contributed by atoms with van der Waals surface area (Å²) in [6, 6.07) is -2.73. The van der Waals surface area contributed by atoms with Crippen LogP contribution in [-0.4, -0.2) is 186 Å². The highest BCUT2D eigenvalue weighted by Gasteiger charge is 2.47. The SMILES string of the molecule is Cn1cnc(CCNc2nc(N[C@H]3CC[C@H](NC(=O)N[C@H]4CC[C@H](Nc5nc(NCCc6cn(C)cn6)nc6c5ncn6[C@@H]5C[C@H](n6ncc(CO)n6)[C@@H](O)[C@H]5O)CC4)CC3)c3ncn([C@@H]4C[C@H](n5ncc(CO)n5)[C@@H](O)[C@H]4O)c3n2)c1. The third-order valence-electron chi connectivity index (χ3n) is 16.5. The Morgan fingerprint density at radius 3 is 1.30 bits per heavy atom. The maximum Gasteiger partial charge on any atom is 0.315 e. The number of anilines is 4. The molecule has 82 heavy (non-hydrogen) atoms. The summed E-state index contributed by atoms with van der Waals surface area (Å²) in [6.07, 6.45) is 16.6. The van der Waals surface area contributed by atoms with Crippen molar-refractivity contribution >= 4 is 51.9 Å². The van der Waals surface area contributed by atoms with Gasteiger partial charge in [-0.3, -0.25) is 0 Å². The quantitative estimate of drug-likeness (QED) is 0.0484. The van der Waals surface area contributed by atoms with Gasteiger partial charge in [0.25, 0.3) is 0 Å². The lowest BCUT2D eigenvalue weighted by Gasteiger charge is -2.32. The number of rotatable bonds is 20. The fraction of sp³-hybridized carbons (Fsp3) is 0.588. The second-order valence-corrected chi connectivity index (χ2v) is 22.2. The first-order valence-corrected chi connectivity index (χ1v) is 28.1. The molecule has 2 amide bonds. The first-order chi connectivity index (χ1) is 39.8. The van der Waals surface area contributed by atoms with Gasteiger partial charge in [-0.05, 0) is 64.2 Å². The van der Waals surface area contributed by atoms with Crippen LogP contribution in [0.25, 0.3) is 22.3 Å². The lowest BCUT2D eigenvalue weighted by Crippen LogP contribution is -2.49. The number of aryl methyl sites for hydroxylation is 2. The van der Waals surface area contributed by atoms with Gasteiger partial charge in [-0.1, -0.05) is 0 Å². The molecule has 31 heteroatoms. The Morgan fingerprint density at radius 2 is 0.927 bits per heavy atom. The molecule has 12 N–H and O–H groups in total. The molecule has 8 atom stereocenters. The summed E-state index contributed by atoms with van der Waals surface area (Å²) in [7, 11) is 3.84. The summed E-state index contributed by atoms with van der Waals surface area (Å²) < 4.78 is 7.34. The van der Waals surface area contributed by atoms with E-state index < -0.39 is 48.6 Å². The fourth-order valence-electron chi connectivity index (χ4n) is 12.1. The second-order valence-electron chi connectivity index (χ2n) is 22.2. The molecule has 8 aromatic rings. The predicted octanol–water partition coefficient (Wildman–Crippen LogP) is 0.171. The van der Waals surface area contributed by atoms with Gasteiger partial charge in [0.1, 0.15) is 47.9 Å². The summed E-state index contributed by atoms with van der Waals surface area (Å²) in [5.74, 6) is 1.79. The van der Waals surface area contributed by atoms with E-state index >= 15 is 0 Å². The van der Waals surface area contributed by atoms with Crippen molar-refractivity contribution in [2.45, 2.75) is 163 Å². The van der Waals surface area contributed by atoms with Gasteiger partial charge < -0.3 is 80.8 Å². The molecule has 12 rings (SSSR count). The van der Waals surface area contributed by atoms with Gasteiger partial charge in [-0.15, -0.1) is 0 Å². The van der Waals surface area contributed by atoms with E-state index in [0.29, 0.717) is 83.2 Å². The van der Waals surface area contributed by atoms with Crippen molar-refractivity contribution in [3.05, 3.63) is 72.9 Å². The van der Waals surface area contributed by atoms with Crippen LogP contribution >= 0.6 is 0 Å². The summed E-state index contributed by atoms with van der Waals surface area (Å²) >= 11 is 0. The lowest BCUT2D eigenvalue weighted by molar-refractivity contribution is 0.00491. The number of hydrogen-bond acceptors (Lipinski definition) is 23. The number of aromatic nitrogens is 18. The van der Waals surface area contributed by atoms with Crippen LogP contribution in [0, 0.1) is 0 Å². The van der Waals surface area contributed by atoms with Crippen molar-refractivity contribution in [3.8, 4) is 0 Å². The zero-order chi connectivity index (χ0) is 56.6. The smallest absolute Gasteiger partial charge is 0.315 e. The van der Waals surface area contributed by atoms with Crippen LogP contribution < -0.4 is 31.9 Å². The van der Waals surface area contributed by atoms with Gasteiger partial charge in [-0.2, -0.15) is 49.9 Å². The minimum absolute atomic E-state index is 0.0214. The van der Waals surface area contributed by atoms with E-state index in [4.69, 9.17) is 29.9 Å². The zero-order valence-corrected chi connectivity index (χ0v) is 45.5. The molecular weight excluding hydrogens is 1060 g/mol. The molecule has 0 bridgehead atoms. The predicted molar refractivity (Wildman–Crippen MR) is 294 cm³/mol. The van der Waals surface area contributed by atoms with Gasteiger partial charge >= 0.3 is 6.03 Å². The maximum absolute atomic E-state index is 13.6. The summed E-state index contributed by atoms with van der Waals surface area (Å²) in [5, 5.41) is 102. The molecule has 8 heterocycles. The molecule has 0 spiro atoms. The molecule has 0 aliphatic heterocycles. The number of carbonyl (C=O) groups is 1. The van der Waals surface area contributed by atoms with Crippen LogP contribution in [0.2, 0.25) is 0 Å². The van der Waals surface area contributed by atoms with Crippen LogP contribution in [0.4, 0.5) is 28.3 Å². The van der Waals surface area contributed by atoms with E-state index in [-0.39, 0.29) is 56.3 Å². The first kappa shape index (κ1) is 54.6. The molecule has 4 aliphatic rings. The molecular formula is C51H70N24O7. The summed E-state index contributed by atoms with van der Waals surface area (Å²) in [6.45, 7) is 0.425. The van der Waals surface area contributed by atoms with Crippen molar-refractivity contribution < 1.29 is 35.4 Å². The van der Waals surface area contributed by atoms with Gasteiger partial charge in [-0.25, -0.2) is 24.7 Å². The van der Waals surface area contributed by atoms with Crippen LogP contribution in [0.1, 0.15) is 111 Å². The van der Waals surface area contributed by atoms with E-state index in [0.717, 1.165) is 62.8 Å². The zero-order valence-electron chi connectivity index (χ0n) is 45.5. The molecule has 4 aliphatic carbocycles. The molecule has 0 aromatic carbocycles. The van der Waals surface area contributed by atoms with Crippen LogP contribution in [0.5, 0.6) is 0 Å². The van der Waals surface area contributed by atoms with E-state index in [2.05, 4.69) is 62.3 Å². The molecule has 8 aromatic heterocycles. The summed E-state index contributed by atoms with van der Waals surface area (Å²) in [5.41, 5.74) is 4.53. The number of nitrogens with zero attached hydrogens (tertiary/aromatic N) is 18. The minimum Gasteiger partial charge on any atom is -0.390 e. The lowest BCUT2D eigenvalue weighted by atomic mass is 9.90. The maximum atomic E-state index is 13.6. The Morgan fingerprint density at radius 1 is 0.524 bits per heavy atom. The Kier molecular flexibility index (Phi) is 15.6. The standard InChI is InChI=1S/C51H70N24O7/c1-70-19-31(54-23-70)11-13-52-49-64-45(39-47(66-49)72(25-56-39)35-15-37(43(80)41(35)78)74-58-17-33(21-76)68-74)60-27-3-7-29(8-4-27)62-51(82)63-30-9-5-28(6-10-30)61-46-40-48(67-50(65-46)53-14-12-32-20-71(2)24-55-32)73(26-57-40)36-16-38(44(81)42(36)79)75-59-18-34(22-77)69-75/h17-20,23-30,35-38,41-44,76-81H,3-16,21-22H2,1-2H3,(H2,62,63,82)(H2,52,60,64,66)(H2,53,61,65,67)/t27-,28-,29-,30-,35-,36-,37+,38+,41+,42+,43-,44-/m1/s1. The molecule has 4 fully saturated rings. The number of aliphatic hydroxyl groups is 6. The van der Waals surface area contributed by atoms with Gasteiger partial charge in [0.15, 0.2) is 34.0 Å². The van der Waals surface area contributed by atoms with Gasteiger partial charge in [0, 0.05) is 76.6 Å². The van der Waals surface area contributed by atoms with E-state index in [1.807, 2.05) is 35.6 Å². The molecule has 0 saturated heterocycles. The first-order valence-electron chi connectivity index (χ1n) is 28.1. The number of amides is 2. The Bertz CT molecular complexity index is 3240. The Balaban J connectivity index is 0.662. The number of aliphatic hydroxyl groups excluding tert-OH is 6. The molecule has 436 valence electrons. The van der Waals surface area contributed by atoms with E-state index in [1.165, 1.54) is 22.0 Å². The monoisotopic (exact) mass is 1130 g/mol. The van der Waals surface area contributed by atoms with E-state index in [9.17, 15) is 35.4 Å². The molecule has 31 nitrogen and oxygen atoms in total. The Labute approximate surface area is 469 Å². The topological polar surface area (TPSA) is 395 Å². The van der Waals surface area contributed by atoms with Crippen molar-refractivity contribution in [2.75, 3.05) is 34.4 Å². The van der Waals surface area contributed by atoms with Crippen molar-refractivity contribution in [1.29, 1.82) is 0 Å². The number of urea groups is 1. The highest BCUT2D eigenvalue weighted by molar-refractivity contribution is 5.85. The van der Waals surface area contributed by atoms with Crippen molar-refractivity contribution in [2.24, 2.45) is 14.1 Å². The van der Waals surface area contributed by atoms with Crippen LogP contribution in [0.3, 0.4) is 0 Å². The average Bonchev–Trinajstić information content (AvgIpc) is 4.41. The van der Waals surface area contributed by atoms with Crippen LogP contribution in [-0.2, 0) is 40.2 Å². The van der Waals surface area contributed by atoms with Crippen LogP contribution in [0.15, 0.2) is 50.1 Å². The van der Waals surface area contributed by atoms with E-state index in [1.54, 1.807) is 34.4 Å². The van der Waals surface area contributed by atoms with Crippen molar-refractivity contribution in [1.82, 2.24) is 98.8 Å². The highest BCUT2D eigenvalue weighted by atomic mass is 16.3. The molecule has 4 saturated carbocycles. The number of imidazole rings is 4. The highest BCUT2D eigenvalue weighted by Crippen LogP contribution is 2.42. The normalized spacial score (nSPS) is 26.6. The van der Waals surface area contributed by atoms with Crippen molar-refractivity contribution in [3.63, 3.8) is 0 Å². The average molecular weight is 1130 g/mol. The number of fused-ring (bicyclic) bond motifs is 2. The number of carbonyl (C=O) groups excluding carboxylic acids is 1. The minimum atomic E-state index is -1.18. The Hall–Kier alpha value is -7.97. The third-order valence-corrected chi connectivity index (χ3v) is 16.5. The third kappa shape index (κ3) is 11.5. The second kappa shape index (κ2) is 23.5. The molecule has 0 unspecified atom stereocenters. The largest absolute Gasteiger partial charge is 0.390 e. The number of hydrogen-bond donors (Lipinski definition) is 12. The number of nitrogens with one attached hydrogen (secondary N) is 6. The summed E-state index contributed by atoms with van der Waals surface area (Å²) in [4.78, 5) is 54.1. The van der Waals surface area contributed by atoms with Gasteiger partial charge in [0.2, 0.25) is 11.9 Å². The van der Waals surface area contributed by atoms with Gasteiger partial charge in [0.05, 0.1) is 74.4 Å². The fourth-order valence-corrected chi connectivity index (χ4v) is 12.1.